The van der Waals surface area contributed by atoms with Crippen molar-refractivity contribution in [3.63, 3.8) is 0 Å². The Labute approximate surface area is 110 Å². The van der Waals surface area contributed by atoms with Crippen molar-refractivity contribution in [2.45, 2.75) is 26.2 Å². The normalized spacial score (nSPS) is 11.7. The standard InChI is InChI=1S/C16H15F3/c1-16(2,3)12-7-5-4-6-11(12)10-8-13(17)15(19)14(18)9-10/h4-9H,1-3H3. The molecule has 3 heteroatoms. The molecular formula is C16H15F3. The molecule has 100 valence electrons. The van der Waals surface area contributed by atoms with Crippen LogP contribution in [-0.4, -0.2) is 0 Å². The van der Waals surface area contributed by atoms with Gasteiger partial charge >= 0.3 is 0 Å². The molecule has 0 radical (unpaired) electrons. The molecule has 0 heterocycles. The summed E-state index contributed by atoms with van der Waals surface area (Å²) in [5, 5.41) is 0. The smallest absolute Gasteiger partial charge is 0.194 e. The maximum atomic E-state index is 13.3. The topological polar surface area (TPSA) is 0 Å². The molecule has 2 rings (SSSR count). The molecule has 2 aromatic rings. The van der Waals surface area contributed by atoms with Crippen LogP contribution in [0.15, 0.2) is 36.4 Å². The van der Waals surface area contributed by atoms with E-state index in [1.807, 2.05) is 32.9 Å². The third kappa shape index (κ3) is 2.65. The Hall–Kier alpha value is -1.77. The first kappa shape index (κ1) is 13.7. The average Bonchev–Trinajstić information content (AvgIpc) is 2.34. The summed E-state index contributed by atoms with van der Waals surface area (Å²) in [5.74, 6) is -3.77. The van der Waals surface area contributed by atoms with Crippen LogP contribution in [0.4, 0.5) is 13.2 Å². The molecule has 0 aliphatic heterocycles. The van der Waals surface area contributed by atoms with Gasteiger partial charge in [-0.1, -0.05) is 45.0 Å². The fraction of sp³-hybridized carbons (Fsp3) is 0.250. The molecule has 0 aliphatic carbocycles. The minimum Gasteiger partial charge on any atom is -0.204 e. The highest BCUT2D eigenvalue weighted by atomic mass is 19.2. The van der Waals surface area contributed by atoms with Crippen molar-refractivity contribution in [2.75, 3.05) is 0 Å². The van der Waals surface area contributed by atoms with Crippen LogP contribution in [0, 0.1) is 17.5 Å². The maximum Gasteiger partial charge on any atom is 0.194 e. The van der Waals surface area contributed by atoms with Crippen molar-refractivity contribution in [2.24, 2.45) is 0 Å². The summed E-state index contributed by atoms with van der Waals surface area (Å²) in [7, 11) is 0. The second-order valence-electron chi connectivity index (χ2n) is 5.55. The van der Waals surface area contributed by atoms with Crippen LogP contribution in [0.1, 0.15) is 26.3 Å². The zero-order valence-corrected chi connectivity index (χ0v) is 11.1. The minimum absolute atomic E-state index is 0.169. The molecule has 0 nitrogen and oxygen atoms in total. The fourth-order valence-corrected chi connectivity index (χ4v) is 2.10. The second kappa shape index (κ2) is 4.72. The van der Waals surface area contributed by atoms with E-state index in [-0.39, 0.29) is 5.41 Å². The molecule has 0 saturated heterocycles. The highest BCUT2D eigenvalue weighted by Crippen LogP contribution is 2.33. The molecule has 0 aromatic heterocycles. The molecule has 0 saturated carbocycles. The molecule has 0 atom stereocenters. The summed E-state index contributed by atoms with van der Waals surface area (Å²) in [6, 6.07) is 9.43. The van der Waals surface area contributed by atoms with E-state index < -0.39 is 17.5 Å². The monoisotopic (exact) mass is 264 g/mol. The lowest BCUT2D eigenvalue weighted by Crippen LogP contribution is -2.12. The molecule has 0 bridgehead atoms. The van der Waals surface area contributed by atoms with Crippen LogP contribution >= 0.6 is 0 Å². The molecule has 0 N–H and O–H groups in total. The first-order valence-electron chi connectivity index (χ1n) is 6.05. The number of benzene rings is 2. The fourth-order valence-electron chi connectivity index (χ4n) is 2.10. The van der Waals surface area contributed by atoms with Gasteiger partial charge in [0, 0.05) is 0 Å². The van der Waals surface area contributed by atoms with Crippen molar-refractivity contribution in [1.29, 1.82) is 0 Å². The highest BCUT2D eigenvalue weighted by Gasteiger charge is 2.20. The van der Waals surface area contributed by atoms with Gasteiger partial charge in [-0.05, 0) is 34.2 Å². The van der Waals surface area contributed by atoms with Crippen LogP contribution in [0.3, 0.4) is 0 Å². The molecule has 0 fully saturated rings. The van der Waals surface area contributed by atoms with Gasteiger partial charge in [0.25, 0.3) is 0 Å². The van der Waals surface area contributed by atoms with E-state index in [4.69, 9.17) is 0 Å². The van der Waals surface area contributed by atoms with Gasteiger partial charge in [-0.25, -0.2) is 13.2 Å². The predicted molar refractivity (Wildman–Crippen MR) is 70.5 cm³/mol. The van der Waals surface area contributed by atoms with E-state index in [2.05, 4.69) is 0 Å². The first-order chi connectivity index (χ1) is 8.80. The summed E-state index contributed by atoms with van der Waals surface area (Å²) in [4.78, 5) is 0. The van der Waals surface area contributed by atoms with Gasteiger partial charge < -0.3 is 0 Å². The lowest BCUT2D eigenvalue weighted by Gasteiger charge is -2.23. The van der Waals surface area contributed by atoms with Crippen LogP contribution in [0.5, 0.6) is 0 Å². The zero-order valence-electron chi connectivity index (χ0n) is 11.1. The van der Waals surface area contributed by atoms with E-state index in [1.54, 1.807) is 12.1 Å². The molecule has 0 unspecified atom stereocenters. The van der Waals surface area contributed by atoms with Gasteiger partial charge in [0.1, 0.15) is 0 Å². The summed E-state index contributed by atoms with van der Waals surface area (Å²) in [6.07, 6.45) is 0. The van der Waals surface area contributed by atoms with Gasteiger partial charge in [-0.3, -0.25) is 0 Å². The highest BCUT2D eigenvalue weighted by molar-refractivity contribution is 5.68. The Morgan fingerprint density at radius 3 is 1.89 bits per heavy atom. The molecule has 0 aliphatic rings. The van der Waals surface area contributed by atoms with E-state index in [1.165, 1.54) is 0 Å². The summed E-state index contributed by atoms with van der Waals surface area (Å²) in [5.41, 5.74) is 1.85. The SMILES string of the molecule is CC(C)(C)c1ccccc1-c1cc(F)c(F)c(F)c1. The van der Waals surface area contributed by atoms with Crippen LogP contribution < -0.4 is 0 Å². The summed E-state index contributed by atoms with van der Waals surface area (Å²) in [6.45, 7) is 6.05. The van der Waals surface area contributed by atoms with Crippen molar-refractivity contribution in [1.82, 2.24) is 0 Å². The Bertz CT molecular complexity index is 587. The Morgan fingerprint density at radius 1 is 0.842 bits per heavy atom. The number of rotatable bonds is 1. The third-order valence-electron chi connectivity index (χ3n) is 3.03. The molecule has 0 spiro atoms. The maximum absolute atomic E-state index is 13.3. The van der Waals surface area contributed by atoms with Crippen LogP contribution in [0.25, 0.3) is 11.1 Å². The number of halogens is 3. The van der Waals surface area contributed by atoms with E-state index in [0.29, 0.717) is 11.1 Å². The zero-order chi connectivity index (χ0) is 14.2. The first-order valence-corrected chi connectivity index (χ1v) is 6.05. The van der Waals surface area contributed by atoms with E-state index in [9.17, 15) is 13.2 Å². The van der Waals surface area contributed by atoms with E-state index in [0.717, 1.165) is 17.7 Å². The van der Waals surface area contributed by atoms with Crippen molar-refractivity contribution >= 4 is 0 Å². The quantitative estimate of drug-likeness (QED) is 0.631. The van der Waals surface area contributed by atoms with Gasteiger partial charge in [0.15, 0.2) is 17.5 Å². The molecule has 0 amide bonds. The third-order valence-corrected chi connectivity index (χ3v) is 3.03. The molecule has 2 aromatic carbocycles. The average molecular weight is 264 g/mol. The minimum atomic E-state index is -1.43. The second-order valence-corrected chi connectivity index (χ2v) is 5.55. The van der Waals surface area contributed by atoms with Crippen molar-refractivity contribution < 1.29 is 13.2 Å². The molecular weight excluding hydrogens is 249 g/mol. The van der Waals surface area contributed by atoms with E-state index >= 15 is 0 Å². The van der Waals surface area contributed by atoms with Gasteiger partial charge in [-0.2, -0.15) is 0 Å². The number of hydrogen-bond donors (Lipinski definition) is 0. The van der Waals surface area contributed by atoms with Crippen LogP contribution in [0.2, 0.25) is 0 Å². The lowest BCUT2D eigenvalue weighted by molar-refractivity contribution is 0.447. The lowest BCUT2D eigenvalue weighted by atomic mass is 9.82. The largest absolute Gasteiger partial charge is 0.204 e. The van der Waals surface area contributed by atoms with Gasteiger partial charge in [0.2, 0.25) is 0 Å². The van der Waals surface area contributed by atoms with Crippen LogP contribution in [-0.2, 0) is 5.41 Å². The summed E-state index contributed by atoms with van der Waals surface area (Å²) < 4.78 is 39.7. The Balaban J connectivity index is 2.67. The van der Waals surface area contributed by atoms with Crippen molar-refractivity contribution in [3.8, 4) is 11.1 Å². The van der Waals surface area contributed by atoms with Gasteiger partial charge in [0.05, 0.1) is 0 Å². The predicted octanol–water partition coefficient (Wildman–Crippen LogP) is 5.07. The summed E-state index contributed by atoms with van der Waals surface area (Å²) >= 11 is 0. The Morgan fingerprint density at radius 2 is 1.37 bits per heavy atom. The van der Waals surface area contributed by atoms with Crippen molar-refractivity contribution in [3.05, 3.63) is 59.4 Å². The molecule has 19 heavy (non-hydrogen) atoms. The number of hydrogen-bond acceptors (Lipinski definition) is 0. The Kier molecular flexibility index (Phi) is 3.40. The van der Waals surface area contributed by atoms with Gasteiger partial charge in [-0.15, -0.1) is 0 Å².